The Labute approximate surface area is 289 Å². The number of aliphatic hydroxyl groups excluding tert-OH is 1. The second kappa shape index (κ2) is 20.1. The summed E-state index contributed by atoms with van der Waals surface area (Å²) in [6.45, 7) is 11.9. The number of carbonyl (C=O) groups is 3. The average Bonchev–Trinajstić information content (AvgIpc) is 3.03. The van der Waals surface area contributed by atoms with E-state index in [4.69, 9.17) is 35.0 Å². The number of primary amides is 1. The molecule has 0 bridgehead atoms. The van der Waals surface area contributed by atoms with Crippen LogP contribution in [0.15, 0.2) is 36.5 Å². The predicted molar refractivity (Wildman–Crippen MR) is 176 cm³/mol. The van der Waals surface area contributed by atoms with Crippen LogP contribution in [-0.2, 0) is 22.6 Å². The standard InChI is InChI=1S/C29H40N4O4.2C2HF3O2/c1-6-21-19(15-31-20(17-34)12-18(4)5)10-9-11-24(21)33-28-22-13-26(36-7-2)27(37-8-3)14-25(22)32-16-23(28)29(30)35;2*3-2(4,5)1(6)7/h9-11,13-14,16,18,20,31,34H,6-8,12,15,17H2,1-5H3,(H2,30,35)(H,32,33);2*(H,6,7). The molecule has 18 heteroatoms. The number of aliphatic hydroxyl groups is 1. The number of amides is 1. The van der Waals surface area contributed by atoms with Crippen LogP contribution in [0.5, 0.6) is 11.5 Å². The van der Waals surface area contributed by atoms with E-state index in [1.807, 2.05) is 38.1 Å². The van der Waals surface area contributed by atoms with E-state index < -0.39 is 30.2 Å². The number of aliphatic carboxylic acids is 2. The molecule has 0 aliphatic rings. The number of rotatable bonds is 14. The molecule has 1 amide bonds. The molecular weight excluding hydrogens is 694 g/mol. The number of carboxylic acids is 2. The second-order valence-corrected chi connectivity index (χ2v) is 11.0. The molecule has 1 heterocycles. The Kier molecular flexibility index (Phi) is 17.4. The zero-order valence-corrected chi connectivity index (χ0v) is 28.5. The van der Waals surface area contributed by atoms with Crippen molar-refractivity contribution in [1.82, 2.24) is 10.3 Å². The number of anilines is 2. The maximum atomic E-state index is 12.4. The van der Waals surface area contributed by atoms with Gasteiger partial charge < -0.3 is 41.2 Å². The molecule has 2 aromatic carbocycles. The van der Waals surface area contributed by atoms with Gasteiger partial charge in [0.15, 0.2) is 11.5 Å². The third-order valence-corrected chi connectivity index (χ3v) is 6.73. The predicted octanol–water partition coefficient (Wildman–Crippen LogP) is 6.20. The Morgan fingerprint density at radius 2 is 1.45 bits per heavy atom. The third-order valence-electron chi connectivity index (χ3n) is 6.73. The number of nitrogens with zero attached hydrogens (tertiary/aromatic N) is 1. The normalized spacial score (nSPS) is 11.9. The van der Waals surface area contributed by atoms with Crippen LogP contribution in [0.2, 0.25) is 0 Å². The van der Waals surface area contributed by atoms with Gasteiger partial charge >= 0.3 is 24.3 Å². The molecule has 12 nitrogen and oxygen atoms in total. The van der Waals surface area contributed by atoms with Gasteiger partial charge in [-0.15, -0.1) is 0 Å². The topological polar surface area (TPSA) is 193 Å². The summed E-state index contributed by atoms with van der Waals surface area (Å²) in [6.07, 6.45) is -6.99. The average molecular weight is 737 g/mol. The third kappa shape index (κ3) is 14.1. The Morgan fingerprint density at radius 3 is 1.88 bits per heavy atom. The summed E-state index contributed by atoms with van der Waals surface area (Å²) in [5.74, 6) is -4.42. The highest BCUT2D eigenvalue weighted by atomic mass is 19.4. The number of hydrogen-bond donors (Lipinski definition) is 6. The molecule has 0 radical (unpaired) electrons. The minimum atomic E-state index is -5.08. The number of carbonyl (C=O) groups excluding carboxylic acids is 1. The number of pyridine rings is 1. The minimum Gasteiger partial charge on any atom is -0.490 e. The van der Waals surface area contributed by atoms with Crippen molar-refractivity contribution in [2.24, 2.45) is 11.7 Å². The van der Waals surface area contributed by atoms with Crippen molar-refractivity contribution in [3.8, 4) is 11.5 Å². The molecule has 51 heavy (non-hydrogen) atoms. The molecule has 284 valence electrons. The molecule has 0 spiro atoms. The van der Waals surface area contributed by atoms with E-state index in [1.165, 1.54) is 6.20 Å². The fourth-order valence-electron chi connectivity index (χ4n) is 4.57. The van der Waals surface area contributed by atoms with Crippen LogP contribution >= 0.6 is 0 Å². The largest absolute Gasteiger partial charge is 0.490 e. The quantitative estimate of drug-likeness (QED) is 0.103. The summed E-state index contributed by atoms with van der Waals surface area (Å²) in [6, 6.07) is 9.77. The van der Waals surface area contributed by atoms with Gasteiger partial charge in [-0.3, -0.25) is 9.78 Å². The van der Waals surface area contributed by atoms with E-state index in [0.29, 0.717) is 59.3 Å². The summed E-state index contributed by atoms with van der Waals surface area (Å²) >= 11 is 0. The lowest BCUT2D eigenvalue weighted by Crippen LogP contribution is -2.33. The number of hydrogen-bond acceptors (Lipinski definition) is 9. The van der Waals surface area contributed by atoms with Crippen molar-refractivity contribution in [2.45, 2.75) is 72.4 Å². The molecule has 3 aromatic rings. The monoisotopic (exact) mass is 736 g/mol. The lowest BCUT2D eigenvalue weighted by molar-refractivity contribution is -0.193. The van der Waals surface area contributed by atoms with Crippen LogP contribution in [0.4, 0.5) is 37.7 Å². The van der Waals surface area contributed by atoms with Crippen molar-refractivity contribution in [2.75, 3.05) is 25.1 Å². The number of ether oxygens (including phenoxy) is 2. The van der Waals surface area contributed by atoms with Crippen molar-refractivity contribution >= 4 is 40.1 Å². The van der Waals surface area contributed by atoms with Crippen molar-refractivity contribution < 1.29 is 65.5 Å². The number of fused-ring (bicyclic) bond motifs is 1. The van der Waals surface area contributed by atoms with Gasteiger partial charge in [0, 0.05) is 35.9 Å². The van der Waals surface area contributed by atoms with E-state index in [-0.39, 0.29) is 12.6 Å². The number of halogens is 6. The number of carboxylic acid groups (broad SMARTS) is 2. The molecule has 3 rings (SSSR count). The van der Waals surface area contributed by atoms with E-state index in [0.717, 1.165) is 29.7 Å². The summed E-state index contributed by atoms with van der Waals surface area (Å²) < 4.78 is 75.1. The van der Waals surface area contributed by atoms with Crippen LogP contribution < -0.4 is 25.8 Å². The van der Waals surface area contributed by atoms with Gasteiger partial charge in [0.1, 0.15) is 0 Å². The highest BCUT2D eigenvalue weighted by Crippen LogP contribution is 2.38. The molecular formula is C33H42F6N4O8. The van der Waals surface area contributed by atoms with Gasteiger partial charge in [-0.05, 0) is 55.9 Å². The van der Waals surface area contributed by atoms with Crippen molar-refractivity contribution in [3.05, 3.63) is 53.2 Å². The van der Waals surface area contributed by atoms with Gasteiger partial charge in [-0.25, -0.2) is 9.59 Å². The van der Waals surface area contributed by atoms with Gasteiger partial charge in [0.05, 0.1) is 36.6 Å². The Hall–Kier alpha value is -4.84. The van der Waals surface area contributed by atoms with Gasteiger partial charge in [0.25, 0.3) is 5.91 Å². The summed E-state index contributed by atoms with van der Waals surface area (Å²) in [7, 11) is 0. The van der Waals surface area contributed by atoms with E-state index in [1.54, 1.807) is 0 Å². The van der Waals surface area contributed by atoms with Gasteiger partial charge in [-0.1, -0.05) is 32.9 Å². The van der Waals surface area contributed by atoms with Crippen LogP contribution in [0, 0.1) is 5.92 Å². The minimum absolute atomic E-state index is 0.0310. The first-order valence-electron chi connectivity index (χ1n) is 15.6. The Morgan fingerprint density at radius 1 is 0.922 bits per heavy atom. The number of alkyl halides is 6. The fraction of sp³-hybridized carbons (Fsp3) is 0.455. The van der Waals surface area contributed by atoms with Crippen LogP contribution in [0.1, 0.15) is 62.5 Å². The molecule has 0 fully saturated rings. The molecule has 1 aromatic heterocycles. The summed E-state index contributed by atoms with van der Waals surface area (Å²) in [5.41, 5.74) is 10.4. The zero-order chi connectivity index (χ0) is 39.1. The summed E-state index contributed by atoms with van der Waals surface area (Å²) in [5, 5.41) is 31.7. The first-order valence-corrected chi connectivity index (χ1v) is 15.6. The Balaban J connectivity index is 0.000000780. The van der Waals surface area contributed by atoms with Gasteiger partial charge in [-0.2, -0.15) is 26.3 Å². The molecule has 1 atom stereocenters. The van der Waals surface area contributed by atoms with Crippen LogP contribution in [-0.4, -0.2) is 76.4 Å². The van der Waals surface area contributed by atoms with Crippen LogP contribution in [0.25, 0.3) is 10.9 Å². The first kappa shape index (κ1) is 44.2. The molecule has 0 aliphatic carbocycles. The number of aromatic nitrogens is 1. The number of benzene rings is 2. The lowest BCUT2D eigenvalue weighted by atomic mass is 10.00. The molecule has 0 saturated heterocycles. The van der Waals surface area contributed by atoms with Gasteiger partial charge in [0.2, 0.25) is 0 Å². The molecule has 0 aliphatic heterocycles. The molecule has 1 unspecified atom stereocenters. The highest BCUT2D eigenvalue weighted by Gasteiger charge is 2.38. The maximum absolute atomic E-state index is 12.4. The smallest absolute Gasteiger partial charge is 0.490 e. The number of nitrogens with one attached hydrogen (secondary N) is 2. The maximum Gasteiger partial charge on any atom is 0.490 e. The highest BCUT2D eigenvalue weighted by molar-refractivity contribution is 6.08. The SMILES string of the molecule is CCOc1cc2ncc(C(N)=O)c(Nc3cccc(CNC(CO)CC(C)C)c3CC)c2cc1OCC.O=C(O)C(F)(F)F.O=C(O)C(F)(F)F. The fourth-order valence-corrected chi connectivity index (χ4v) is 4.57. The van der Waals surface area contributed by atoms with E-state index in [2.05, 4.69) is 42.5 Å². The zero-order valence-electron chi connectivity index (χ0n) is 28.5. The summed E-state index contributed by atoms with van der Waals surface area (Å²) in [4.78, 5) is 34.7. The van der Waals surface area contributed by atoms with E-state index in [9.17, 15) is 36.2 Å². The molecule has 0 saturated carbocycles. The van der Waals surface area contributed by atoms with Crippen molar-refractivity contribution in [1.29, 1.82) is 0 Å². The number of nitrogens with two attached hydrogens (primary N) is 1. The van der Waals surface area contributed by atoms with Crippen LogP contribution in [0.3, 0.4) is 0 Å². The van der Waals surface area contributed by atoms with E-state index >= 15 is 0 Å². The Bertz CT molecular complexity index is 1590. The first-order chi connectivity index (χ1) is 23.7. The molecule has 7 N–H and O–H groups in total. The lowest BCUT2D eigenvalue weighted by Gasteiger charge is -2.22. The van der Waals surface area contributed by atoms with Crippen molar-refractivity contribution in [3.63, 3.8) is 0 Å². The second-order valence-electron chi connectivity index (χ2n) is 11.0.